The summed E-state index contributed by atoms with van der Waals surface area (Å²) >= 11 is 0. The van der Waals surface area contributed by atoms with Crippen LogP contribution in [0.25, 0.3) is 11.0 Å². The third kappa shape index (κ3) is 4.51. The fraction of sp³-hybridized carbons (Fsp3) is 0.680. The minimum absolute atomic E-state index is 0.0775. The Morgan fingerprint density at radius 2 is 2.00 bits per heavy atom. The Morgan fingerprint density at radius 1 is 1.13 bits per heavy atom. The molecule has 2 fully saturated rings. The van der Waals surface area contributed by atoms with Gasteiger partial charge in [0.2, 0.25) is 5.91 Å². The third-order valence-corrected chi connectivity index (χ3v) is 7.43. The van der Waals surface area contributed by atoms with E-state index in [1.54, 1.807) is 0 Å². The van der Waals surface area contributed by atoms with Crippen LogP contribution in [-0.2, 0) is 17.9 Å². The molecule has 2 aromatic rings. The molecule has 1 aromatic heterocycles. The lowest BCUT2D eigenvalue weighted by Gasteiger charge is -2.46. The van der Waals surface area contributed by atoms with Crippen molar-refractivity contribution in [2.24, 2.45) is 11.8 Å². The topological polar surface area (TPSA) is 53.4 Å². The highest BCUT2D eigenvalue weighted by molar-refractivity contribution is 5.93. The Bertz CT molecular complexity index is 933. The number of rotatable bonds is 5. The second kappa shape index (κ2) is 8.91. The Hall–Kier alpha value is -1.92. The Morgan fingerprint density at radius 3 is 2.87 bits per heavy atom. The van der Waals surface area contributed by atoms with Gasteiger partial charge in [0.05, 0.1) is 17.6 Å². The first-order valence-electron chi connectivity index (χ1n) is 12.3. The molecule has 3 aliphatic rings. The van der Waals surface area contributed by atoms with Gasteiger partial charge in [-0.15, -0.1) is 0 Å². The van der Waals surface area contributed by atoms with E-state index in [4.69, 9.17) is 4.98 Å². The normalized spacial score (nSPS) is 24.9. The summed E-state index contributed by atoms with van der Waals surface area (Å²) in [6, 6.07) is 6.97. The van der Waals surface area contributed by atoms with Gasteiger partial charge in [0.1, 0.15) is 5.82 Å². The quantitative estimate of drug-likeness (QED) is 0.787. The Kier molecular flexibility index (Phi) is 6.02. The van der Waals surface area contributed by atoms with Crippen molar-refractivity contribution in [1.82, 2.24) is 19.4 Å². The van der Waals surface area contributed by atoms with Crippen molar-refractivity contribution in [2.45, 2.75) is 71.5 Å². The minimum Gasteiger partial charge on any atom is -0.326 e. The van der Waals surface area contributed by atoms with E-state index >= 15 is 0 Å². The van der Waals surface area contributed by atoms with Crippen LogP contribution in [-0.4, -0.2) is 57.5 Å². The van der Waals surface area contributed by atoms with Crippen LogP contribution >= 0.6 is 0 Å². The lowest BCUT2D eigenvalue weighted by atomic mass is 9.83. The van der Waals surface area contributed by atoms with Crippen molar-refractivity contribution in [2.75, 3.05) is 31.5 Å². The number of aromatic nitrogens is 2. The molecule has 0 saturated carbocycles. The number of carbonyl (C=O) groups is 1. The van der Waals surface area contributed by atoms with Crippen molar-refractivity contribution in [3.63, 3.8) is 0 Å². The summed E-state index contributed by atoms with van der Waals surface area (Å²) in [6.45, 7) is 11.0. The smallest absolute Gasteiger partial charge is 0.224 e. The van der Waals surface area contributed by atoms with Gasteiger partial charge in [-0.3, -0.25) is 9.69 Å². The molecule has 6 nitrogen and oxygen atoms in total. The molecular weight excluding hydrogens is 386 g/mol. The van der Waals surface area contributed by atoms with Crippen molar-refractivity contribution >= 4 is 22.6 Å². The van der Waals surface area contributed by atoms with Gasteiger partial charge >= 0.3 is 0 Å². The van der Waals surface area contributed by atoms with E-state index < -0.39 is 0 Å². The molecule has 0 bridgehead atoms. The molecule has 0 unspecified atom stereocenters. The van der Waals surface area contributed by atoms with Crippen molar-refractivity contribution in [1.29, 1.82) is 0 Å². The van der Waals surface area contributed by atoms with E-state index in [-0.39, 0.29) is 5.91 Å². The molecular formula is C25H37N5O. The molecule has 2 saturated heterocycles. The molecule has 5 rings (SSSR count). The number of hydrogen-bond donors (Lipinski definition) is 1. The molecule has 6 heteroatoms. The average Bonchev–Trinajstić information content (AvgIpc) is 3.10. The van der Waals surface area contributed by atoms with Crippen LogP contribution in [0.1, 0.15) is 58.2 Å². The fourth-order valence-corrected chi connectivity index (χ4v) is 6.01. The van der Waals surface area contributed by atoms with E-state index in [9.17, 15) is 4.79 Å². The standard InChI is InChI=1S/C25H37N5O/c1-18(2)14-25(31)26-20-8-9-23-21(15-20)27-24-17-28(12-13-30(23)24)16-19-6-5-11-29-10-4-3-7-22(19)29/h8-9,15,18-19,22H,3-7,10-14,16-17H2,1-2H3,(H,26,31)/t19-,22+/m0/s1. The van der Waals surface area contributed by atoms with E-state index in [1.165, 1.54) is 63.1 Å². The van der Waals surface area contributed by atoms with Crippen LogP contribution < -0.4 is 5.32 Å². The second-order valence-corrected chi connectivity index (χ2v) is 10.3. The van der Waals surface area contributed by atoms with Gasteiger partial charge < -0.3 is 14.8 Å². The highest BCUT2D eigenvalue weighted by atomic mass is 16.1. The number of hydrogen-bond acceptors (Lipinski definition) is 4. The van der Waals surface area contributed by atoms with Crippen LogP contribution in [0.4, 0.5) is 5.69 Å². The van der Waals surface area contributed by atoms with E-state index in [2.05, 4.69) is 39.6 Å². The molecule has 4 heterocycles. The fourth-order valence-electron chi connectivity index (χ4n) is 6.01. The molecule has 1 amide bonds. The summed E-state index contributed by atoms with van der Waals surface area (Å²) in [5.74, 6) is 2.42. The Balaban J connectivity index is 1.27. The summed E-state index contributed by atoms with van der Waals surface area (Å²) in [6.07, 6.45) is 7.47. The first kappa shape index (κ1) is 21.0. The molecule has 168 valence electrons. The van der Waals surface area contributed by atoms with E-state index in [0.717, 1.165) is 42.8 Å². The van der Waals surface area contributed by atoms with Gasteiger partial charge in [0.25, 0.3) is 0 Å². The van der Waals surface area contributed by atoms with Gasteiger partial charge in [-0.1, -0.05) is 20.3 Å². The molecule has 1 aromatic carbocycles. The van der Waals surface area contributed by atoms with Crippen LogP contribution in [0, 0.1) is 11.8 Å². The highest BCUT2D eigenvalue weighted by Gasteiger charge is 2.34. The summed E-state index contributed by atoms with van der Waals surface area (Å²) in [7, 11) is 0. The molecule has 0 radical (unpaired) electrons. The summed E-state index contributed by atoms with van der Waals surface area (Å²) in [5.41, 5.74) is 3.04. The maximum absolute atomic E-state index is 12.1. The predicted molar refractivity (Wildman–Crippen MR) is 125 cm³/mol. The first-order valence-corrected chi connectivity index (χ1v) is 12.3. The lowest BCUT2D eigenvalue weighted by Crippen LogP contribution is -2.51. The number of nitrogens with zero attached hydrogens (tertiary/aromatic N) is 4. The van der Waals surface area contributed by atoms with Gasteiger partial charge in [-0.05, 0) is 68.8 Å². The average molecular weight is 424 g/mol. The number of piperidine rings is 2. The maximum atomic E-state index is 12.1. The monoisotopic (exact) mass is 423 g/mol. The van der Waals surface area contributed by atoms with Crippen LogP contribution in [0.15, 0.2) is 18.2 Å². The second-order valence-electron chi connectivity index (χ2n) is 10.3. The largest absolute Gasteiger partial charge is 0.326 e. The molecule has 2 atom stereocenters. The van der Waals surface area contributed by atoms with E-state index in [0.29, 0.717) is 12.3 Å². The molecule has 3 aliphatic heterocycles. The zero-order valence-corrected chi connectivity index (χ0v) is 19.1. The predicted octanol–water partition coefficient (Wildman–Crippen LogP) is 4.10. The van der Waals surface area contributed by atoms with Crippen molar-refractivity contribution in [3.8, 4) is 0 Å². The number of imidazole rings is 1. The number of anilines is 1. The van der Waals surface area contributed by atoms with Crippen LogP contribution in [0.2, 0.25) is 0 Å². The van der Waals surface area contributed by atoms with Gasteiger partial charge in [-0.25, -0.2) is 4.98 Å². The first-order chi connectivity index (χ1) is 15.1. The van der Waals surface area contributed by atoms with E-state index in [1.807, 2.05) is 12.1 Å². The molecule has 0 spiro atoms. The molecule has 31 heavy (non-hydrogen) atoms. The molecule has 0 aliphatic carbocycles. The van der Waals surface area contributed by atoms with Crippen molar-refractivity contribution in [3.05, 3.63) is 24.0 Å². The molecule has 1 N–H and O–H groups in total. The lowest BCUT2D eigenvalue weighted by molar-refractivity contribution is -0.116. The third-order valence-electron chi connectivity index (χ3n) is 7.43. The number of fused-ring (bicyclic) bond motifs is 4. The maximum Gasteiger partial charge on any atom is 0.224 e. The summed E-state index contributed by atoms with van der Waals surface area (Å²) in [5, 5.41) is 3.03. The van der Waals surface area contributed by atoms with Crippen LogP contribution in [0.3, 0.4) is 0 Å². The zero-order chi connectivity index (χ0) is 21.4. The zero-order valence-electron chi connectivity index (χ0n) is 19.1. The van der Waals surface area contributed by atoms with Gasteiger partial charge in [0, 0.05) is 37.8 Å². The Labute approximate surface area is 186 Å². The summed E-state index contributed by atoms with van der Waals surface area (Å²) in [4.78, 5) is 22.5. The number of amides is 1. The number of carbonyl (C=O) groups excluding carboxylic acids is 1. The SMILES string of the molecule is CC(C)CC(=O)Nc1ccc2c(c1)nc1n2CCN(C[C@@H]2CCCN3CCCC[C@H]23)C1. The number of benzene rings is 1. The van der Waals surface area contributed by atoms with Crippen LogP contribution in [0.5, 0.6) is 0 Å². The van der Waals surface area contributed by atoms with Crippen molar-refractivity contribution < 1.29 is 4.79 Å². The van der Waals surface area contributed by atoms with Gasteiger partial charge in [-0.2, -0.15) is 0 Å². The summed E-state index contributed by atoms with van der Waals surface area (Å²) < 4.78 is 2.37. The number of nitrogens with one attached hydrogen (secondary N) is 1. The van der Waals surface area contributed by atoms with Gasteiger partial charge in [0.15, 0.2) is 0 Å². The minimum atomic E-state index is 0.0775. The highest BCUT2D eigenvalue weighted by Crippen LogP contribution is 2.32.